The van der Waals surface area contributed by atoms with Gasteiger partial charge in [0.1, 0.15) is 0 Å². The van der Waals surface area contributed by atoms with Crippen LogP contribution in [0.25, 0.3) is 5.69 Å². The van der Waals surface area contributed by atoms with E-state index in [9.17, 15) is 4.79 Å². The number of hydrogen-bond acceptors (Lipinski definition) is 1. The summed E-state index contributed by atoms with van der Waals surface area (Å²) in [4.78, 5) is 15.2. The Morgan fingerprint density at radius 1 is 1.07 bits per heavy atom. The minimum absolute atomic E-state index is 0.0262. The highest BCUT2D eigenvalue weighted by molar-refractivity contribution is 5.90. The van der Waals surface area contributed by atoms with Crippen LogP contribution in [0.4, 0.5) is 10.5 Å². The second kappa shape index (κ2) is 6.95. The van der Waals surface area contributed by atoms with Gasteiger partial charge in [-0.1, -0.05) is 31.2 Å². The maximum Gasteiger partial charge on any atom is 0.322 e. The zero-order valence-electron chi connectivity index (χ0n) is 16.1. The highest BCUT2D eigenvalue weighted by atomic mass is 16.2. The van der Waals surface area contributed by atoms with Gasteiger partial charge >= 0.3 is 6.03 Å². The predicted molar refractivity (Wildman–Crippen MR) is 109 cm³/mol. The number of hydrogen-bond donors (Lipinski definition) is 1. The van der Waals surface area contributed by atoms with E-state index in [0.29, 0.717) is 6.54 Å². The molecule has 0 saturated heterocycles. The maximum atomic E-state index is 13.3. The molecule has 0 spiro atoms. The highest BCUT2D eigenvalue weighted by Crippen LogP contribution is 2.34. The Bertz CT molecular complexity index is 969. The quantitative estimate of drug-likeness (QED) is 0.636. The number of aromatic nitrogens is 1. The van der Waals surface area contributed by atoms with Crippen LogP contribution in [-0.2, 0) is 6.54 Å². The monoisotopic (exact) mass is 359 g/mol. The number of carbonyl (C=O) groups is 1. The molecule has 1 aliphatic rings. The van der Waals surface area contributed by atoms with E-state index in [2.05, 4.69) is 59.4 Å². The molecule has 0 bridgehead atoms. The van der Waals surface area contributed by atoms with Crippen molar-refractivity contribution in [3.63, 3.8) is 0 Å². The fraction of sp³-hybridized carbons (Fsp3) is 0.261. The number of rotatable bonds is 2. The van der Waals surface area contributed by atoms with Gasteiger partial charge in [0.05, 0.1) is 18.3 Å². The van der Waals surface area contributed by atoms with Crippen molar-refractivity contribution in [1.82, 2.24) is 9.47 Å². The van der Waals surface area contributed by atoms with Gasteiger partial charge < -0.3 is 14.8 Å². The molecule has 0 radical (unpaired) electrons. The van der Waals surface area contributed by atoms with Crippen LogP contribution in [0, 0.1) is 13.8 Å². The van der Waals surface area contributed by atoms with Gasteiger partial charge in [-0.25, -0.2) is 4.79 Å². The molecule has 1 N–H and O–H groups in total. The normalized spacial score (nSPS) is 15.7. The summed E-state index contributed by atoms with van der Waals surface area (Å²) in [6, 6.07) is 18.6. The average molecular weight is 359 g/mol. The van der Waals surface area contributed by atoms with Gasteiger partial charge in [-0.05, 0) is 67.3 Å². The van der Waals surface area contributed by atoms with Crippen molar-refractivity contribution >= 4 is 11.7 Å². The van der Waals surface area contributed by atoms with E-state index in [-0.39, 0.29) is 12.1 Å². The minimum atomic E-state index is -0.0590. The molecule has 27 heavy (non-hydrogen) atoms. The smallest absolute Gasteiger partial charge is 0.318 e. The number of urea groups is 1. The Morgan fingerprint density at radius 3 is 2.56 bits per heavy atom. The van der Waals surface area contributed by atoms with Crippen LogP contribution in [0.2, 0.25) is 0 Å². The number of nitrogens with one attached hydrogen (secondary N) is 1. The van der Waals surface area contributed by atoms with Crippen LogP contribution in [-0.4, -0.2) is 15.5 Å². The molecule has 0 aliphatic carbocycles. The molecule has 0 fully saturated rings. The van der Waals surface area contributed by atoms with Crippen LogP contribution in [0.1, 0.15) is 41.8 Å². The van der Waals surface area contributed by atoms with Crippen LogP contribution < -0.4 is 5.32 Å². The Kier molecular flexibility index (Phi) is 4.48. The maximum absolute atomic E-state index is 13.3. The molecule has 1 aromatic heterocycles. The third-order valence-electron chi connectivity index (χ3n) is 5.21. The summed E-state index contributed by atoms with van der Waals surface area (Å²) in [5, 5.41) is 3.12. The first-order chi connectivity index (χ1) is 13.1. The van der Waals surface area contributed by atoms with Gasteiger partial charge in [0, 0.05) is 17.6 Å². The molecule has 1 atom stereocenters. The van der Waals surface area contributed by atoms with Crippen LogP contribution in [0.3, 0.4) is 0 Å². The van der Waals surface area contributed by atoms with Gasteiger partial charge in [-0.3, -0.25) is 0 Å². The summed E-state index contributed by atoms with van der Waals surface area (Å²) in [6.07, 6.45) is 2.94. The number of carbonyl (C=O) groups excluding carboxylic acids is 1. The van der Waals surface area contributed by atoms with Gasteiger partial charge in [-0.2, -0.15) is 0 Å². The lowest BCUT2D eigenvalue weighted by molar-refractivity contribution is 0.181. The molecule has 0 unspecified atom stereocenters. The Morgan fingerprint density at radius 2 is 1.81 bits per heavy atom. The standard InChI is InChI=1S/C23H25N3O/c1-4-20-22-10-7-11-25(22)21-9-6-5-8-18(21)15-26(20)23(27)24-19-13-16(2)12-17(3)14-19/h5-14,20H,4,15H2,1-3H3,(H,24,27)/t20-/m1/s1. The molecule has 4 nitrogen and oxygen atoms in total. The number of aryl methyl sites for hydroxylation is 2. The lowest BCUT2D eigenvalue weighted by Gasteiger charge is -2.30. The summed E-state index contributed by atoms with van der Waals surface area (Å²) in [5.74, 6) is 0. The van der Waals surface area contributed by atoms with Crippen molar-refractivity contribution in [3.8, 4) is 5.69 Å². The first kappa shape index (κ1) is 17.4. The molecular formula is C23H25N3O. The van der Waals surface area contributed by atoms with E-state index >= 15 is 0 Å². The second-order valence-electron chi connectivity index (χ2n) is 7.29. The van der Waals surface area contributed by atoms with Crippen LogP contribution in [0.5, 0.6) is 0 Å². The molecule has 2 aromatic carbocycles. The first-order valence-corrected chi connectivity index (χ1v) is 9.48. The number of amides is 2. The summed E-state index contributed by atoms with van der Waals surface area (Å²) in [6.45, 7) is 6.82. The molecule has 3 aromatic rings. The largest absolute Gasteiger partial charge is 0.322 e. The lowest BCUT2D eigenvalue weighted by atomic mass is 10.1. The highest BCUT2D eigenvalue weighted by Gasteiger charge is 2.30. The fourth-order valence-corrected chi connectivity index (χ4v) is 4.10. The number of anilines is 1. The summed E-state index contributed by atoms with van der Waals surface area (Å²) >= 11 is 0. The fourth-order valence-electron chi connectivity index (χ4n) is 4.10. The summed E-state index contributed by atoms with van der Waals surface area (Å²) < 4.78 is 2.22. The average Bonchev–Trinajstić information content (AvgIpc) is 3.05. The zero-order chi connectivity index (χ0) is 19.0. The SMILES string of the molecule is CC[C@@H]1c2cccn2-c2ccccc2CN1C(=O)Nc1cc(C)cc(C)c1. The molecule has 0 saturated carbocycles. The molecule has 138 valence electrons. The van der Waals surface area contributed by atoms with Crippen molar-refractivity contribution < 1.29 is 4.79 Å². The topological polar surface area (TPSA) is 37.3 Å². The van der Waals surface area contributed by atoms with E-state index in [1.54, 1.807) is 0 Å². The number of nitrogens with zero attached hydrogens (tertiary/aromatic N) is 2. The molecule has 4 rings (SSSR count). The van der Waals surface area contributed by atoms with E-state index in [1.807, 2.05) is 36.9 Å². The molecule has 4 heteroatoms. The number of para-hydroxylation sites is 1. The predicted octanol–water partition coefficient (Wildman–Crippen LogP) is 5.59. The van der Waals surface area contributed by atoms with E-state index in [4.69, 9.17) is 0 Å². The molecular weight excluding hydrogens is 334 g/mol. The van der Waals surface area contributed by atoms with E-state index < -0.39 is 0 Å². The molecule has 2 amide bonds. The van der Waals surface area contributed by atoms with Crippen LogP contribution >= 0.6 is 0 Å². The van der Waals surface area contributed by atoms with Crippen molar-refractivity contribution in [2.24, 2.45) is 0 Å². The Labute approximate surface area is 160 Å². The van der Waals surface area contributed by atoms with Gasteiger partial charge in [0.2, 0.25) is 0 Å². The van der Waals surface area contributed by atoms with Crippen molar-refractivity contribution in [2.45, 2.75) is 39.8 Å². The lowest BCUT2D eigenvalue weighted by Crippen LogP contribution is -2.37. The van der Waals surface area contributed by atoms with Crippen molar-refractivity contribution in [3.05, 3.63) is 83.2 Å². The van der Waals surface area contributed by atoms with Crippen LogP contribution in [0.15, 0.2) is 60.8 Å². The summed E-state index contributed by atoms with van der Waals surface area (Å²) in [7, 11) is 0. The van der Waals surface area contributed by atoms with Gasteiger partial charge in [0.25, 0.3) is 0 Å². The Balaban J connectivity index is 1.72. The van der Waals surface area contributed by atoms with E-state index in [1.165, 1.54) is 0 Å². The van der Waals surface area contributed by atoms with Crippen molar-refractivity contribution in [1.29, 1.82) is 0 Å². The number of fused-ring (bicyclic) bond motifs is 3. The summed E-state index contributed by atoms with van der Waals surface area (Å²) in [5.41, 5.74) is 6.59. The van der Waals surface area contributed by atoms with Crippen molar-refractivity contribution in [2.75, 3.05) is 5.32 Å². The third-order valence-corrected chi connectivity index (χ3v) is 5.21. The zero-order valence-corrected chi connectivity index (χ0v) is 16.1. The third kappa shape index (κ3) is 3.23. The minimum Gasteiger partial charge on any atom is -0.318 e. The second-order valence-corrected chi connectivity index (χ2v) is 7.29. The first-order valence-electron chi connectivity index (χ1n) is 9.48. The molecule has 1 aliphatic heterocycles. The van der Waals surface area contributed by atoms with Gasteiger partial charge in [-0.15, -0.1) is 0 Å². The number of benzene rings is 2. The van der Waals surface area contributed by atoms with Gasteiger partial charge in [0.15, 0.2) is 0 Å². The Hall–Kier alpha value is -3.01. The molecule has 2 heterocycles. The van der Waals surface area contributed by atoms with E-state index in [0.717, 1.165) is 40.2 Å².